The number of hydrogen-bond donors (Lipinski definition) is 1. The molecule has 4 heterocycles. The smallest absolute Gasteiger partial charge is 0.248 e. The van der Waals surface area contributed by atoms with E-state index in [1.807, 2.05) is 23.8 Å². The molecule has 0 saturated carbocycles. The molecule has 1 amide bonds. The molecule has 0 aliphatic carbocycles. The highest BCUT2D eigenvalue weighted by molar-refractivity contribution is 7.15. The van der Waals surface area contributed by atoms with Gasteiger partial charge in [-0.1, -0.05) is 11.3 Å². The second kappa shape index (κ2) is 7.60. The van der Waals surface area contributed by atoms with Gasteiger partial charge in [-0.2, -0.15) is 11.3 Å². The lowest BCUT2D eigenvalue weighted by Gasteiger charge is -2.29. The van der Waals surface area contributed by atoms with Gasteiger partial charge < -0.3 is 4.42 Å². The van der Waals surface area contributed by atoms with E-state index in [1.165, 1.54) is 11.3 Å². The fourth-order valence-electron chi connectivity index (χ4n) is 2.95. The Morgan fingerprint density at radius 1 is 1.31 bits per heavy atom. The Morgan fingerprint density at radius 2 is 2.15 bits per heavy atom. The minimum atomic E-state index is -0.0582. The quantitative estimate of drug-likeness (QED) is 0.715. The van der Waals surface area contributed by atoms with Crippen LogP contribution < -0.4 is 5.32 Å². The van der Waals surface area contributed by atoms with Crippen LogP contribution in [0.2, 0.25) is 0 Å². The fraction of sp³-hybridized carbons (Fsp3) is 0.438. The van der Waals surface area contributed by atoms with Gasteiger partial charge in [-0.05, 0) is 44.3 Å². The van der Waals surface area contributed by atoms with Crippen molar-refractivity contribution in [3.05, 3.63) is 27.7 Å². The Bertz CT molecular complexity index is 867. The summed E-state index contributed by atoms with van der Waals surface area (Å²) in [6.45, 7) is 3.86. The maximum atomic E-state index is 12.1. The van der Waals surface area contributed by atoms with Gasteiger partial charge in [0.25, 0.3) is 0 Å². The van der Waals surface area contributed by atoms with Crippen molar-refractivity contribution in [2.75, 3.05) is 25.0 Å². The van der Waals surface area contributed by atoms with Crippen LogP contribution in [0.3, 0.4) is 0 Å². The Labute approximate surface area is 158 Å². The second-order valence-electron chi connectivity index (χ2n) is 6.18. The van der Waals surface area contributed by atoms with Gasteiger partial charge in [-0.15, -0.1) is 20.4 Å². The molecular formula is C16H18N6O2S2. The van der Waals surface area contributed by atoms with Gasteiger partial charge in [-0.25, -0.2) is 0 Å². The highest BCUT2D eigenvalue weighted by atomic mass is 32.1. The molecule has 0 aromatic carbocycles. The zero-order valence-electron chi connectivity index (χ0n) is 14.2. The van der Waals surface area contributed by atoms with Crippen LogP contribution in [0, 0.1) is 6.92 Å². The van der Waals surface area contributed by atoms with E-state index >= 15 is 0 Å². The Balaban J connectivity index is 1.28. The SMILES string of the molecule is Cc1nnc(NC(=O)CN2CCC(c3nnc(-c4ccsc4)o3)CC2)s1. The second-order valence-corrected chi connectivity index (χ2v) is 8.14. The standard InChI is InChI=1S/C16H18N6O2S2/c1-10-18-21-16(26-10)17-13(23)8-22-5-2-11(3-6-22)14-19-20-15(24-14)12-4-7-25-9-12/h4,7,9,11H,2-3,5-6,8H2,1H3,(H,17,21,23). The zero-order chi connectivity index (χ0) is 17.9. The van der Waals surface area contributed by atoms with Crippen LogP contribution in [0.4, 0.5) is 5.13 Å². The number of nitrogens with zero attached hydrogens (tertiary/aromatic N) is 5. The molecule has 1 N–H and O–H groups in total. The number of aryl methyl sites for hydroxylation is 1. The molecule has 0 bridgehead atoms. The zero-order valence-corrected chi connectivity index (χ0v) is 15.8. The van der Waals surface area contributed by atoms with E-state index < -0.39 is 0 Å². The summed E-state index contributed by atoms with van der Waals surface area (Å²) in [5, 5.41) is 24.4. The van der Waals surface area contributed by atoms with Crippen molar-refractivity contribution in [3.63, 3.8) is 0 Å². The highest BCUT2D eigenvalue weighted by Gasteiger charge is 2.26. The van der Waals surface area contributed by atoms with Crippen LogP contribution in [-0.2, 0) is 4.79 Å². The predicted molar refractivity (Wildman–Crippen MR) is 99.3 cm³/mol. The first-order valence-corrected chi connectivity index (χ1v) is 10.1. The molecule has 3 aromatic rings. The summed E-state index contributed by atoms with van der Waals surface area (Å²) in [6.07, 6.45) is 1.80. The summed E-state index contributed by atoms with van der Waals surface area (Å²) in [5.74, 6) is 1.46. The van der Waals surface area contributed by atoms with Gasteiger partial charge in [0, 0.05) is 16.9 Å². The molecule has 26 heavy (non-hydrogen) atoms. The van der Waals surface area contributed by atoms with Crippen molar-refractivity contribution in [1.29, 1.82) is 0 Å². The van der Waals surface area contributed by atoms with Gasteiger partial charge in [0.1, 0.15) is 5.01 Å². The molecule has 1 aliphatic rings. The normalized spacial score (nSPS) is 16.0. The van der Waals surface area contributed by atoms with Crippen molar-refractivity contribution < 1.29 is 9.21 Å². The van der Waals surface area contributed by atoms with Crippen molar-refractivity contribution >= 4 is 33.7 Å². The van der Waals surface area contributed by atoms with Gasteiger partial charge in [0.2, 0.25) is 22.8 Å². The molecule has 0 atom stereocenters. The molecule has 8 nitrogen and oxygen atoms in total. The number of anilines is 1. The van der Waals surface area contributed by atoms with Gasteiger partial charge in [0.15, 0.2) is 0 Å². The topological polar surface area (TPSA) is 97.0 Å². The molecular weight excluding hydrogens is 372 g/mol. The van der Waals surface area contributed by atoms with Crippen LogP contribution in [0.25, 0.3) is 11.5 Å². The van der Waals surface area contributed by atoms with Gasteiger partial charge in [-0.3, -0.25) is 15.0 Å². The summed E-state index contributed by atoms with van der Waals surface area (Å²) in [7, 11) is 0. The van der Waals surface area contributed by atoms with Crippen molar-refractivity contribution in [3.8, 4) is 11.5 Å². The first-order chi connectivity index (χ1) is 12.7. The van der Waals surface area contributed by atoms with Crippen LogP contribution in [0.1, 0.15) is 29.7 Å². The van der Waals surface area contributed by atoms with Gasteiger partial charge >= 0.3 is 0 Å². The third-order valence-electron chi connectivity index (χ3n) is 4.29. The van der Waals surface area contributed by atoms with E-state index in [9.17, 15) is 4.79 Å². The monoisotopic (exact) mass is 390 g/mol. The largest absolute Gasteiger partial charge is 0.420 e. The Morgan fingerprint density at radius 3 is 2.85 bits per heavy atom. The molecule has 1 aliphatic heterocycles. The maximum absolute atomic E-state index is 12.1. The lowest BCUT2D eigenvalue weighted by Crippen LogP contribution is -2.38. The molecule has 1 saturated heterocycles. The van der Waals surface area contributed by atoms with E-state index in [2.05, 4.69) is 30.6 Å². The summed E-state index contributed by atoms with van der Waals surface area (Å²) < 4.78 is 5.84. The molecule has 0 radical (unpaired) electrons. The first kappa shape index (κ1) is 17.3. The molecule has 4 rings (SSSR count). The minimum Gasteiger partial charge on any atom is -0.420 e. The molecule has 10 heteroatoms. The number of amides is 1. The number of hydrogen-bond acceptors (Lipinski definition) is 9. The van der Waals surface area contributed by atoms with E-state index in [0.717, 1.165) is 36.5 Å². The minimum absolute atomic E-state index is 0.0582. The van der Waals surface area contributed by atoms with E-state index in [1.54, 1.807) is 11.3 Å². The average molecular weight is 390 g/mol. The Kier molecular flexibility index (Phi) is 5.05. The van der Waals surface area contributed by atoms with Gasteiger partial charge in [0.05, 0.1) is 6.54 Å². The summed E-state index contributed by atoms with van der Waals surface area (Å²) >= 11 is 2.98. The molecule has 0 spiro atoms. The Hall–Kier alpha value is -2.17. The van der Waals surface area contributed by atoms with Crippen molar-refractivity contribution in [1.82, 2.24) is 25.3 Å². The third-order valence-corrected chi connectivity index (χ3v) is 5.72. The van der Waals surface area contributed by atoms with Crippen LogP contribution in [-0.4, -0.2) is 50.8 Å². The van der Waals surface area contributed by atoms with Crippen molar-refractivity contribution in [2.45, 2.75) is 25.7 Å². The number of nitrogens with one attached hydrogen (secondary N) is 1. The molecule has 136 valence electrons. The maximum Gasteiger partial charge on any atom is 0.248 e. The lowest BCUT2D eigenvalue weighted by molar-refractivity contribution is -0.117. The summed E-state index contributed by atoms with van der Waals surface area (Å²) in [6, 6.07) is 1.97. The van der Waals surface area contributed by atoms with Crippen LogP contribution >= 0.6 is 22.7 Å². The van der Waals surface area contributed by atoms with E-state index in [4.69, 9.17) is 4.42 Å². The van der Waals surface area contributed by atoms with Crippen LogP contribution in [0.15, 0.2) is 21.2 Å². The summed E-state index contributed by atoms with van der Waals surface area (Å²) in [4.78, 5) is 14.3. The molecule has 3 aromatic heterocycles. The highest BCUT2D eigenvalue weighted by Crippen LogP contribution is 2.29. The number of piperidine rings is 1. The van der Waals surface area contributed by atoms with E-state index in [-0.39, 0.29) is 11.8 Å². The van der Waals surface area contributed by atoms with E-state index in [0.29, 0.717) is 23.5 Å². The predicted octanol–water partition coefficient (Wildman–Crippen LogP) is 2.78. The molecule has 1 fully saturated rings. The summed E-state index contributed by atoms with van der Waals surface area (Å²) in [5.41, 5.74) is 0.967. The van der Waals surface area contributed by atoms with Crippen molar-refractivity contribution in [2.24, 2.45) is 0 Å². The number of carbonyl (C=O) groups is 1. The average Bonchev–Trinajstić information content (AvgIpc) is 3.36. The number of rotatable bonds is 5. The number of thiophene rings is 1. The number of likely N-dealkylation sites (tertiary alicyclic amines) is 1. The molecule has 0 unspecified atom stereocenters. The lowest BCUT2D eigenvalue weighted by atomic mass is 9.97. The number of carbonyl (C=O) groups excluding carboxylic acids is 1. The number of aromatic nitrogens is 4. The van der Waals surface area contributed by atoms with Crippen LogP contribution in [0.5, 0.6) is 0 Å². The third kappa shape index (κ3) is 3.97. The fourth-order valence-corrected chi connectivity index (χ4v) is 4.19. The first-order valence-electron chi connectivity index (χ1n) is 8.35.